The van der Waals surface area contributed by atoms with Crippen LogP contribution in [0.3, 0.4) is 0 Å². The summed E-state index contributed by atoms with van der Waals surface area (Å²) in [7, 11) is 1.85. The van der Waals surface area contributed by atoms with Gasteiger partial charge in [-0.1, -0.05) is 13.8 Å². The zero-order valence-corrected chi connectivity index (χ0v) is 28.1. The van der Waals surface area contributed by atoms with Gasteiger partial charge >= 0.3 is 0 Å². The van der Waals surface area contributed by atoms with Gasteiger partial charge in [-0.2, -0.15) is 5.10 Å². The first-order valence-electron chi connectivity index (χ1n) is 17.5. The van der Waals surface area contributed by atoms with Gasteiger partial charge in [0.15, 0.2) is 5.82 Å². The Morgan fingerprint density at radius 3 is 2.57 bits per heavy atom. The van der Waals surface area contributed by atoms with E-state index < -0.39 is 0 Å². The highest BCUT2D eigenvalue weighted by Crippen LogP contribution is 2.49. The molecule has 0 bridgehead atoms. The van der Waals surface area contributed by atoms with Gasteiger partial charge in [-0.15, -0.1) is 15.3 Å². The second-order valence-electron chi connectivity index (χ2n) is 15.2. The van der Waals surface area contributed by atoms with Crippen LogP contribution in [0.1, 0.15) is 69.5 Å². The van der Waals surface area contributed by atoms with Crippen LogP contribution in [0.5, 0.6) is 11.6 Å². The molecule has 3 aromatic rings. The second kappa shape index (κ2) is 12.3. The molecule has 5 aliphatic rings. The van der Waals surface area contributed by atoms with Crippen molar-refractivity contribution in [2.75, 3.05) is 51.3 Å². The molecule has 0 N–H and O–H groups in total. The van der Waals surface area contributed by atoms with Gasteiger partial charge in [0.1, 0.15) is 23.6 Å². The topological polar surface area (TPSA) is 92.6 Å². The highest BCUT2D eigenvalue weighted by Gasteiger charge is 2.53. The number of benzene rings is 1. The molecule has 3 saturated heterocycles. The molecule has 47 heavy (non-hydrogen) atoms. The lowest BCUT2D eigenvalue weighted by atomic mass is 9.68. The molecule has 2 aliphatic carbocycles. The number of anilines is 1. The predicted octanol–water partition coefficient (Wildman–Crippen LogP) is 5.48. The fourth-order valence-electron chi connectivity index (χ4n) is 9.00. The number of nitrogens with zero attached hydrogens (tertiary/aromatic N) is 8. The molecule has 250 valence electrons. The molecule has 1 spiro atoms. The molecule has 0 amide bonds. The molecule has 1 aromatic carbocycles. The van der Waals surface area contributed by atoms with Crippen molar-refractivity contribution in [3.63, 3.8) is 0 Å². The maximum absolute atomic E-state index is 14.6. The lowest BCUT2D eigenvalue weighted by molar-refractivity contribution is -0.0790. The van der Waals surface area contributed by atoms with Crippen LogP contribution < -0.4 is 9.64 Å². The van der Waals surface area contributed by atoms with E-state index in [4.69, 9.17) is 9.47 Å². The van der Waals surface area contributed by atoms with Crippen molar-refractivity contribution in [2.45, 2.75) is 83.4 Å². The summed E-state index contributed by atoms with van der Waals surface area (Å²) in [4.78, 5) is 12.4. The van der Waals surface area contributed by atoms with Gasteiger partial charge in [0.2, 0.25) is 0 Å². The van der Waals surface area contributed by atoms with E-state index in [1.165, 1.54) is 44.3 Å². The molecule has 0 unspecified atom stereocenters. The van der Waals surface area contributed by atoms with Crippen molar-refractivity contribution in [1.29, 1.82) is 0 Å². The van der Waals surface area contributed by atoms with E-state index in [-0.39, 0.29) is 11.2 Å². The summed E-state index contributed by atoms with van der Waals surface area (Å²) in [5.41, 5.74) is 3.43. The number of methoxy groups -OCH3 is 1. The Labute approximate surface area is 277 Å². The third-order valence-corrected chi connectivity index (χ3v) is 11.5. The molecule has 10 nitrogen and oxygen atoms in total. The normalized spacial score (nSPS) is 26.5. The van der Waals surface area contributed by atoms with Crippen molar-refractivity contribution in [3.05, 3.63) is 47.7 Å². The maximum atomic E-state index is 14.6. The van der Waals surface area contributed by atoms with Crippen molar-refractivity contribution in [3.8, 4) is 22.9 Å². The van der Waals surface area contributed by atoms with Gasteiger partial charge < -0.3 is 14.4 Å². The fourth-order valence-corrected chi connectivity index (χ4v) is 9.00. The van der Waals surface area contributed by atoms with Gasteiger partial charge in [0.25, 0.3) is 5.88 Å². The van der Waals surface area contributed by atoms with Gasteiger partial charge in [0.05, 0.1) is 11.8 Å². The minimum absolute atomic E-state index is 0.247. The summed E-state index contributed by atoms with van der Waals surface area (Å²) in [6, 6.07) is 7.96. The van der Waals surface area contributed by atoms with Gasteiger partial charge in [-0.3, -0.25) is 9.80 Å². The SMILES string of the molecule is CO[C@H]1CCN(C2CC([C@H](C(C)C)N3CC4(CCN(c5ncnnc5Oc5ccc(F)cc5-c5nnc(C)cc5C5CC5)C4)C3)C2)C1. The van der Waals surface area contributed by atoms with E-state index in [2.05, 4.69) is 60.0 Å². The van der Waals surface area contributed by atoms with Crippen molar-refractivity contribution >= 4 is 5.82 Å². The van der Waals surface area contributed by atoms with E-state index in [0.29, 0.717) is 52.7 Å². The van der Waals surface area contributed by atoms with E-state index in [0.717, 1.165) is 75.2 Å². The first kappa shape index (κ1) is 31.0. The van der Waals surface area contributed by atoms with E-state index >= 15 is 0 Å². The summed E-state index contributed by atoms with van der Waals surface area (Å²) in [5.74, 6) is 2.97. The van der Waals surface area contributed by atoms with Crippen LogP contribution in [0.4, 0.5) is 10.2 Å². The number of aromatic nitrogens is 5. The molecule has 8 rings (SSSR count). The van der Waals surface area contributed by atoms with Crippen molar-refractivity contribution in [2.24, 2.45) is 17.3 Å². The summed E-state index contributed by atoms with van der Waals surface area (Å²) in [6.45, 7) is 13.1. The molecule has 2 atom stereocenters. The fraction of sp³-hybridized carbons (Fsp3) is 0.639. The van der Waals surface area contributed by atoms with Gasteiger partial charge in [0, 0.05) is 69.4 Å². The van der Waals surface area contributed by atoms with Crippen molar-refractivity contribution < 1.29 is 13.9 Å². The standard InChI is InChI=1S/C36H47FN8O2/c1-22(2)33(25-14-27(15-25)43-11-9-28(17-43)46-4)45-19-36(20-45)10-12-44(18-36)34-35(42-39-21-38-34)47-31-8-7-26(37)16-30(31)32-29(24-5-6-24)13-23(3)40-41-32/h7-8,13,16,21-22,24-25,27-28,33H,5-6,9-12,14-15,17-20H2,1-4H3/t25?,27?,28-,33-/m0/s1. The summed E-state index contributed by atoms with van der Waals surface area (Å²) in [5, 5.41) is 17.3. The Kier molecular flexibility index (Phi) is 8.12. The molecule has 2 saturated carbocycles. The van der Waals surface area contributed by atoms with Crippen LogP contribution in [0.2, 0.25) is 0 Å². The molecular weight excluding hydrogens is 595 g/mol. The van der Waals surface area contributed by atoms with Crippen molar-refractivity contribution in [1.82, 2.24) is 35.2 Å². The largest absolute Gasteiger partial charge is 0.434 e. The van der Waals surface area contributed by atoms with E-state index in [1.54, 1.807) is 6.07 Å². The van der Waals surface area contributed by atoms with E-state index in [1.807, 2.05) is 14.0 Å². The van der Waals surface area contributed by atoms with Crippen LogP contribution >= 0.6 is 0 Å². The Hall–Kier alpha value is -3.28. The Morgan fingerprint density at radius 2 is 1.83 bits per heavy atom. The Balaban J connectivity index is 0.950. The minimum Gasteiger partial charge on any atom is -0.434 e. The van der Waals surface area contributed by atoms with Crippen LogP contribution in [0.25, 0.3) is 11.3 Å². The molecule has 0 radical (unpaired) electrons. The van der Waals surface area contributed by atoms with Gasteiger partial charge in [-0.05, 0) is 93.0 Å². The van der Waals surface area contributed by atoms with Crippen LogP contribution in [-0.4, -0.2) is 99.7 Å². The average Bonchev–Trinajstić information content (AvgIpc) is 3.60. The molecule has 5 fully saturated rings. The maximum Gasteiger partial charge on any atom is 0.282 e. The zero-order valence-electron chi connectivity index (χ0n) is 28.1. The van der Waals surface area contributed by atoms with Crippen LogP contribution in [-0.2, 0) is 4.74 Å². The van der Waals surface area contributed by atoms with Gasteiger partial charge in [-0.25, -0.2) is 9.37 Å². The Bertz CT molecular complexity index is 1610. The quantitative estimate of drug-likeness (QED) is 0.283. The molecule has 5 heterocycles. The molecular formula is C36H47FN8O2. The second-order valence-corrected chi connectivity index (χ2v) is 15.2. The number of aryl methyl sites for hydroxylation is 1. The lowest BCUT2D eigenvalue weighted by Gasteiger charge is -2.57. The first-order chi connectivity index (χ1) is 22.8. The third kappa shape index (κ3) is 5.99. The number of ether oxygens (including phenoxy) is 2. The third-order valence-electron chi connectivity index (χ3n) is 11.5. The number of halogens is 1. The number of likely N-dealkylation sites (tertiary alicyclic amines) is 2. The smallest absolute Gasteiger partial charge is 0.282 e. The highest BCUT2D eigenvalue weighted by atomic mass is 19.1. The van der Waals surface area contributed by atoms with E-state index in [9.17, 15) is 4.39 Å². The highest BCUT2D eigenvalue weighted by molar-refractivity contribution is 5.71. The summed E-state index contributed by atoms with van der Waals surface area (Å²) in [6.07, 6.45) is 8.99. The molecule has 3 aliphatic heterocycles. The number of hydrogen-bond donors (Lipinski definition) is 0. The lowest BCUT2D eigenvalue weighted by Crippen LogP contribution is -2.65. The molecule has 2 aromatic heterocycles. The predicted molar refractivity (Wildman–Crippen MR) is 177 cm³/mol. The van der Waals surface area contributed by atoms with Crippen LogP contribution in [0.15, 0.2) is 30.6 Å². The number of hydrogen-bond acceptors (Lipinski definition) is 10. The summed E-state index contributed by atoms with van der Waals surface area (Å²) < 4.78 is 26.7. The van der Waals surface area contributed by atoms with Crippen LogP contribution in [0, 0.1) is 30.0 Å². The number of rotatable bonds is 10. The monoisotopic (exact) mass is 642 g/mol. The Morgan fingerprint density at radius 1 is 1.00 bits per heavy atom. The zero-order chi connectivity index (χ0) is 32.3. The summed E-state index contributed by atoms with van der Waals surface area (Å²) >= 11 is 0. The minimum atomic E-state index is -0.349. The first-order valence-corrected chi connectivity index (χ1v) is 17.5. The molecule has 11 heteroatoms. The average molecular weight is 643 g/mol.